The van der Waals surface area contributed by atoms with Crippen LogP contribution in [-0.4, -0.2) is 30.8 Å². The highest BCUT2D eigenvalue weighted by atomic mass is 32.2. The number of hydrogen-bond donors (Lipinski definition) is 0. The van der Waals surface area contributed by atoms with Gasteiger partial charge < -0.3 is 9.29 Å². The van der Waals surface area contributed by atoms with Crippen molar-refractivity contribution < 1.29 is 30.9 Å². The standard InChI is InChI=1S/C18H22OS.CHF3O3S/c1-2-3-10-19-17-9-8-14-6-7-15(12-16(14)13-17)18-5-4-11-20-18;2-1(3,4)8(5,6)7/h6-9,12-13,18H,2-5,10-11H2,1H3;(H,5,6,7). The SMILES string of the molecule is CCCCOc1ccc2ccc(C3CCC[SH+]3)cc2c1.O=S(=O)([O-])C(F)(F)F. The van der Waals surface area contributed by atoms with Gasteiger partial charge in [0, 0.05) is 12.0 Å². The summed E-state index contributed by atoms with van der Waals surface area (Å²) >= 11 is 1.60. The normalized spacial score (nSPS) is 17.2. The summed E-state index contributed by atoms with van der Waals surface area (Å²) in [5.41, 5.74) is -4.14. The number of hydrogen-bond acceptors (Lipinski definition) is 4. The Morgan fingerprint density at radius 3 is 2.43 bits per heavy atom. The van der Waals surface area contributed by atoms with Crippen molar-refractivity contribution in [3.05, 3.63) is 42.0 Å². The molecule has 3 rings (SSSR count). The number of halogens is 3. The fourth-order valence-corrected chi connectivity index (χ4v) is 4.18. The third kappa shape index (κ3) is 6.56. The topological polar surface area (TPSA) is 66.4 Å². The summed E-state index contributed by atoms with van der Waals surface area (Å²) in [6, 6.07) is 13.4. The van der Waals surface area contributed by atoms with Crippen LogP contribution in [0.1, 0.15) is 43.4 Å². The maximum Gasteiger partial charge on any atom is 0.485 e. The largest absolute Gasteiger partial charge is 0.741 e. The molecular weight excluding hydrogens is 413 g/mol. The minimum absolute atomic E-state index is 0.754. The molecule has 1 aliphatic heterocycles. The number of fused-ring (bicyclic) bond motifs is 1. The Hall–Kier alpha value is -1.45. The van der Waals surface area contributed by atoms with Gasteiger partial charge in [-0.25, -0.2) is 8.42 Å². The first-order chi connectivity index (χ1) is 13.1. The average Bonchev–Trinajstić information content (AvgIpc) is 3.15. The second kappa shape index (κ2) is 9.84. The molecule has 9 heteroatoms. The number of thiol groups is 1. The summed E-state index contributed by atoms with van der Waals surface area (Å²) in [5, 5.41) is 3.38. The lowest BCUT2D eigenvalue weighted by Gasteiger charge is -2.09. The second-order valence-corrected chi connectivity index (χ2v) is 9.24. The molecule has 0 aliphatic carbocycles. The second-order valence-electron chi connectivity index (χ2n) is 6.43. The zero-order valence-electron chi connectivity index (χ0n) is 15.4. The Morgan fingerprint density at radius 1 is 1.18 bits per heavy atom. The Bertz CT molecular complexity index is 876. The van der Waals surface area contributed by atoms with Gasteiger partial charge >= 0.3 is 5.51 Å². The molecule has 1 aliphatic rings. The lowest BCUT2D eigenvalue weighted by atomic mass is 10.0. The maximum absolute atomic E-state index is 10.7. The van der Waals surface area contributed by atoms with Gasteiger partial charge in [0.05, 0.1) is 6.61 Å². The Balaban J connectivity index is 0.000000300. The zero-order valence-corrected chi connectivity index (χ0v) is 17.1. The number of ether oxygens (including phenoxy) is 1. The third-order valence-electron chi connectivity index (χ3n) is 4.26. The highest BCUT2D eigenvalue weighted by molar-refractivity contribution is 7.86. The molecule has 0 amide bonds. The van der Waals surface area contributed by atoms with Gasteiger partial charge in [-0.05, 0) is 53.6 Å². The number of unbranched alkanes of at least 4 members (excludes halogenated alkanes) is 1. The molecule has 156 valence electrons. The van der Waals surface area contributed by atoms with Crippen LogP contribution in [0.5, 0.6) is 5.75 Å². The molecule has 4 nitrogen and oxygen atoms in total. The third-order valence-corrected chi connectivity index (χ3v) is 6.39. The van der Waals surface area contributed by atoms with Gasteiger partial charge in [0.1, 0.15) is 16.8 Å². The number of rotatable bonds is 5. The van der Waals surface area contributed by atoms with Crippen molar-refractivity contribution in [2.24, 2.45) is 0 Å². The molecule has 28 heavy (non-hydrogen) atoms. The van der Waals surface area contributed by atoms with Crippen LogP contribution in [0.3, 0.4) is 0 Å². The molecule has 1 heterocycles. The van der Waals surface area contributed by atoms with Crippen molar-refractivity contribution in [3.63, 3.8) is 0 Å². The maximum atomic E-state index is 10.7. The van der Waals surface area contributed by atoms with E-state index < -0.39 is 15.6 Å². The van der Waals surface area contributed by atoms with Gasteiger partial charge in [0.15, 0.2) is 10.1 Å². The van der Waals surface area contributed by atoms with E-state index in [0.29, 0.717) is 0 Å². The predicted molar refractivity (Wildman–Crippen MR) is 106 cm³/mol. The van der Waals surface area contributed by atoms with E-state index in [-0.39, 0.29) is 0 Å². The van der Waals surface area contributed by atoms with Gasteiger partial charge in [-0.1, -0.05) is 31.5 Å². The van der Waals surface area contributed by atoms with E-state index in [9.17, 15) is 13.2 Å². The van der Waals surface area contributed by atoms with Crippen LogP contribution in [0.25, 0.3) is 10.8 Å². The molecule has 1 atom stereocenters. The summed E-state index contributed by atoms with van der Waals surface area (Å²) < 4.78 is 64.7. The van der Waals surface area contributed by atoms with Crippen LogP contribution in [-0.2, 0) is 21.9 Å². The highest BCUT2D eigenvalue weighted by Crippen LogP contribution is 2.32. The van der Waals surface area contributed by atoms with Crippen LogP contribution in [0.15, 0.2) is 36.4 Å². The minimum atomic E-state index is -6.09. The van der Waals surface area contributed by atoms with Crippen LogP contribution in [0, 0.1) is 0 Å². The molecule has 0 radical (unpaired) electrons. The van der Waals surface area contributed by atoms with Gasteiger partial charge in [-0.15, -0.1) is 0 Å². The fraction of sp³-hybridized carbons (Fsp3) is 0.474. The summed E-state index contributed by atoms with van der Waals surface area (Å²) in [6.45, 7) is 3.01. The fourth-order valence-electron chi connectivity index (χ4n) is 2.77. The van der Waals surface area contributed by atoms with Crippen molar-refractivity contribution >= 4 is 32.7 Å². The summed E-state index contributed by atoms with van der Waals surface area (Å²) in [5.74, 6) is 2.37. The Morgan fingerprint density at radius 2 is 1.86 bits per heavy atom. The molecule has 2 aromatic carbocycles. The molecule has 0 aromatic heterocycles. The molecule has 1 unspecified atom stereocenters. The van der Waals surface area contributed by atoms with Crippen molar-refractivity contribution in [1.82, 2.24) is 0 Å². The quantitative estimate of drug-likeness (QED) is 0.224. The Labute approximate surface area is 167 Å². The van der Waals surface area contributed by atoms with Crippen molar-refractivity contribution in [2.45, 2.75) is 43.4 Å². The molecule has 1 fully saturated rings. The zero-order chi connectivity index (χ0) is 20.8. The van der Waals surface area contributed by atoms with E-state index in [4.69, 9.17) is 17.7 Å². The summed E-state index contributed by atoms with van der Waals surface area (Å²) in [6.07, 6.45) is 5.03. The van der Waals surface area contributed by atoms with E-state index in [1.54, 1.807) is 11.8 Å². The van der Waals surface area contributed by atoms with Gasteiger partial charge in [0.2, 0.25) is 0 Å². The number of alkyl halides is 3. The molecule has 0 N–H and O–H groups in total. The highest BCUT2D eigenvalue weighted by Gasteiger charge is 2.36. The van der Waals surface area contributed by atoms with E-state index >= 15 is 0 Å². The predicted octanol–water partition coefficient (Wildman–Crippen LogP) is 4.72. The molecular formula is C19H23F3O4S2. The van der Waals surface area contributed by atoms with Crippen molar-refractivity contribution in [3.8, 4) is 5.75 Å². The van der Waals surface area contributed by atoms with E-state index in [1.165, 1.54) is 41.4 Å². The van der Waals surface area contributed by atoms with Crippen LogP contribution < -0.4 is 4.74 Å². The first-order valence-electron chi connectivity index (χ1n) is 8.97. The molecule has 0 bridgehead atoms. The lowest BCUT2D eigenvalue weighted by molar-refractivity contribution is -0.0517. The molecule has 1 saturated heterocycles. The summed E-state index contributed by atoms with van der Waals surface area (Å²) in [7, 11) is -6.09. The smallest absolute Gasteiger partial charge is 0.485 e. The first-order valence-corrected chi connectivity index (χ1v) is 11.5. The molecule has 0 spiro atoms. The molecule has 0 saturated carbocycles. The monoisotopic (exact) mass is 436 g/mol. The van der Waals surface area contributed by atoms with Crippen LogP contribution in [0.2, 0.25) is 0 Å². The summed E-state index contributed by atoms with van der Waals surface area (Å²) in [4.78, 5) is 0. The molecule has 2 aromatic rings. The van der Waals surface area contributed by atoms with Crippen molar-refractivity contribution in [2.75, 3.05) is 12.4 Å². The van der Waals surface area contributed by atoms with Crippen molar-refractivity contribution in [1.29, 1.82) is 0 Å². The van der Waals surface area contributed by atoms with E-state index in [0.717, 1.165) is 24.0 Å². The van der Waals surface area contributed by atoms with Crippen LogP contribution in [0.4, 0.5) is 13.2 Å². The van der Waals surface area contributed by atoms with Gasteiger partial charge in [-0.2, -0.15) is 13.2 Å². The Kier molecular flexibility index (Phi) is 8.03. The van der Waals surface area contributed by atoms with E-state index in [2.05, 4.69) is 43.3 Å². The first kappa shape index (κ1) is 22.8. The minimum Gasteiger partial charge on any atom is -0.741 e. The van der Waals surface area contributed by atoms with E-state index in [1.807, 2.05) is 0 Å². The number of benzene rings is 2. The average molecular weight is 437 g/mol. The van der Waals surface area contributed by atoms with Crippen LogP contribution >= 0.6 is 0 Å². The lowest BCUT2D eigenvalue weighted by Crippen LogP contribution is -2.21. The van der Waals surface area contributed by atoms with Gasteiger partial charge in [-0.3, -0.25) is 0 Å². The van der Waals surface area contributed by atoms with Gasteiger partial charge in [0.25, 0.3) is 0 Å².